The summed E-state index contributed by atoms with van der Waals surface area (Å²) < 4.78 is 1.72. The predicted molar refractivity (Wildman–Crippen MR) is 126 cm³/mol. The van der Waals surface area contributed by atoms with Gasteiger partial charge in [0.15, 0.2) is 0 Å². The Labute approximate surface area is 192 Å². The minimum Gasteiger partial charge on any atom is -0.343 e. The molecule has 166 valence electrons. The van der Waals surface area contributed by atoms with Gasteiger partial charge in [0, 0.05) is 42.5 Å². The molecule has 3 aromatic rings. The summed E-state index contributed by atoms with van der Waals surface area (Å²) in [6, 6.07) is 18.1. The first-order chi connectivity index (χ1) is 15.6. The van der Waals surface area contributed by atoms with E-state index in [1.54, 1.807) is 22.9 Å². The summed E-state index contributed by atoms with van der Waals surface area (Å²) in [5, 5.41) is 3.87. The van der Waals surface area contributed by atoms with Crippen LogP contribution in [-0.4, -0.2) is 40.0 Å². The summed E-state index contributed by atoms with van der Waals surface area (Å²) in [5.74, 6) is 0.0127. The highest BCUT2D eigenvalue weighted by atomic mass is 35.5. The van der Waals surface area contributed by atoms with E-state index in [9.17, 15) is 9.59 Å². The van der Waals surface area contributed by atoms with Crippen molar-refractivity contribution in [2.75, 3.05) is 19.6 Å². The number of rotatable bonds is 7. The van der Waals surface area contributed by atoms with E-state index in [2.05, 4.69) is 15.2 Å². The number of pyridine rings is 2. The maximum absolute atomic E-state index is 13.1. The van der Waals surface area contributed by atoms with Gasteiger partial charge < -0.3 is 14.8 Å². The number of benzene rings is 1. The highest BCUT2D eigenvalue weighted by molar-refractivity contribution is 6.30. The monoisotopic (exact) mass is 450 g/mol. The number of hydrogen-bond donors (Lipinski definition) is 1. The molecule has 4 rings (SSSR count). The molecule has 0 bridgehead atoms. The first-order valence-corrected chi connectivity index (χ1v) is 11.3. The molecule has 32 heavy (non-hydrogen) atoms. The van der Waals surface area contributed by atoms with Crippen molar-refractivity contribution in [3.05, 3.63) is 99.7 Å². The van der Waals surface area contributed by atoms with Crippen molar-refractivity contribution >= 4 is 17.5 Å². The lowest BCUT2D eigenvalue weighted by Gasteiger charge is -2.32. The lowest BCUT2D eigenvalue weighted by atomic mass is 9.94. The Bertz CT molecular complexity index is 1080. The van der Waals surface area contributed by atoms with Crippen LogP contribution in [0.1, 0.15) is 30.1 Å². The Hall–Kier alpha value is -2.96. The van der Waals surface area contributed by atoms with Crippen LogP contribution in [0.15, 0.2) is 77.9 Å². The molecule has 0 aliphatic carbocycles. The van der Waals surface area contributed by atoms with Crippen LogP contribution < -0.4 is 10.9 Å². The molecule has 1 aliphatic heterocycles. The minimum absolute atomic E-state index is 0.0181. The minimum atomic E-state index is -0.316. The topological polar surface area (TPSA) is 67.2 Å². The number of halogens is 1. The van der Waals surface area contributed by atoms with E-state index in [0.29, 0.717) is 11.6 Å². The van der Waals surface area contributed by atoms with E-state index in [1.165, 1.54) is 0 Å². The van der Waals surface area contributed by atoms with Gasteiger partial charge in [0.1, 0.15) is 0 Å². The molecule has 0 radical (unpaired) electrons. The predicted octanol–water partition coefficient (Wildman–Crippen LogP) is 3.51. The van der Waals surface area contributed by atoms with Gasteiger partial charge in [0.25, 0.3) is 5.56 Å². The fourth-order valence-corrected chi connectivity index (χ4v) is 4.23. The Balaban J connectivity index is 1.35. The van der Waals surface area contributed by atoms with Crippen molar-refractivity contribution in [3.63, 3.8) is 0 Å². The molecule has 1 aromatic carbocycles. The average molecular weight is 451 g/mol. The number of nitrogens with zero attached hydrogens (tertiary/aromatic N) is 3. The number of piperidine rings is 1. The number of hydrogen-bond acceptors (Lipinski definition) is 4. The van der Waals surface area contributed by atoms with Crippen molar-refractivity contribution in [2.45, 2.75) is 25.4 Å². The van der Waals surface area contributed by atoms with Gasteiger partial charge in [-0.15, -0.1) is 0 Å². The van der Waals surface area contributed by atoms with Crippen LogP contribution in [0.2, 0.25) is 5.02 Å². The summed E-state index contributed by atoms with van der Waals surface area (Å²) in [5.41, 5.74) is 1.77. The van der Waals surface area contributed by atoms with E-state index >= 15 is 0 Å². The fraction of sp³-hybridized carbons (Fsp3) is 0.320. The molecule has 7 heteroatoms. The number of nitrogens with one attached hydrogen (secondary N) is 1. The quantitative estimate of drug-likeness (QED) is 0.598. The molecule has 3 heterocycles. The maximum atomic E-state index is 13.1. The Morgan fingerprint density at radius 1 is 1.03 bits per heavy atom. The van der Waals surface area contributed by atoms with Gasteiger partial charge in [-0.2, -0.15) is 0 Å². The highest BCUT2D eigenvalue weighted by Gasteiger charge is 2.27. The Morgan fingerprint density at radius 3 is 2.47 bits per heavy atom. The van der Waals surface area contributed by atoms with Crippen LogP contribution in [0.3, 0.4) is 0 Å². The molecule has 2 aromatic heterocycles. The van der Waals surface area contributed by atoms with Crippen LogP contribution in [0.5, 0.6) is 0 Å². The molecule has 1 atom stereocenters. The van der Waals surface area contributed by atoms with E-state index < -0.39 is 0 Å². The molecule has 1 saturated heterocycles. The summed E-state index contributed by atoms with van der Waals surface area (Å²) in [6.45, 7) is 3.15. The fourth-order valence-electron chi connectivity index (χ4n) is 4.10. The van der Waals surface area contributed by atoms with Gasteiger partial charge in [0.05, 0.1) is 11.7 Å². The van der Waals surface area contributed by atoms with Gasteiger partial charge in [-0.1, -0.05) is 35.9 Å². The lowest BCUT2D eigenvalue weighted by molar-refractivity contribution is -0.127. The first-order valence-electron chi connectivity index (χ1n) is 10.9. The van der Waals surface area contributed by atoms with E-state index in [4.69, 9.17) is 11.6 Å². The van der Waals surface area contributed by atoms with E-state index in [-0.39, 0.29) is 23.4 Å². The smallest absolute Gasteiger partial charge is 0.250 e. The molecule has 0 spiro atoms. The zero-order valence-corrected chi connectivity index (χ0v) is 18.6. The molecule has 0 saturated carbocycles. The summed E-state index contributed by atoms with van der Waals surface area (Å²) in [7, 11) is 0. The lowest BCUT2D eigenvalue weighted by Crippen LogP contribution is -2.43. The van der Waals surface area contributed by atoms with Gasteiger partial charge in [-0.3, -0.25) is 14.6 Å². The average Bonchev–Trinajstić information content (AvgIpc) is 2.83. The van der Waals surface area contributed by atoms with Crippen molar-refractivity contribution in [1.82, 2.24) is 19.8 Å². The zero-order chi connectivity index (χ0) is 22.3. The molecule has 1 fully saturated rings. The molecule has 1 N–H and O–H groups in total. The number of likely N-dealkylation sites (tertiary alicyclic amines) is 1. The second-order valence-electron chi connectivity index (χ2n) is 8.10. The Kier molecular flexibility index (Phi) is 7.35. The Morgan fingerprint density at radius 2 is 1.78 bits per heavy atom. The SMILES string of the molecule is O=C(N[C@H](c1ccc(Cl)cc1)c1ccccn1)C1CCN(CCn2ccccc2=O)CC1. The number of carbonyl (C=O) groups excluding carboxylic acids is 1. The van der Waals surface area contributed by atoms with E-state index in [0.717, 1.165) is 43.7 Å². The largest absolute Gasteiger partial charge is 0.343 e. The van der Waals surface area contributed by atoms with Gasteiger partial charge in [0.2, 0.25) is 5.91 Å². The summed E-state index contributed by atoms with van der Waals surface area (Å²) in [6.07, 6.45) is 5.15. The van der Waals surface area contributed by atoms with Crippen molar-refractivity contribution < 1.29 is 4.79 Å². The van der Waals surface area contributed by atoms with Crippen LogP contribution in [0.4, 0.5) is 0 Å². The zero-order valence-electron chi connectivity index (χ0n) is 17.9. The van der Waals surface area contributed by atoms with Crippen LogP contribution >= 0.6 is 11.6 Å². The van der Waals surface area contributed by atoms with Crippen molar-refractivity contribution in [2.24, 2.45) is 5.92 Å². The number of amides is 1. The van der Waals surface area contributed by atoms with Crippen molar-refractivity contribution in [3.8, 4) is 0 Å². The van der Waals surface area contributed by atoms with Gasteiger partial charge >= 0.3 is 0 Å². The van der Waals surface area contributed by atoms with Crippen LogP contribution in [0.25, 0.3) is 0 Å². The van der Waals surface area contributed by atoms with Crippen LogP contribution in [0, 0.1) is 5.92 Å². The number of carbonyl (C=O) groups is 1. The van der Waals surface area contributed by atoms with Gasteiger partial charge in [-0.05, 0) is 61.8 Å². The third kappa shape index (κ3) is 5.64. The number of aromatic nitrogens is 2. The highest BCUT2D eigenvalue weighted by Crippen LogP contribution is 2.24. The molecular weight excluding hydrogens is 424 g/mol. The summed E-state index contributed by atoms with van der Waals surface area (Å²) >= 11 is 6.05. The second-order valence-corrected chi connectivity index (χ2v) is 8.53. The molecule has 1 amide bonds. The third-order valence-corrected chi connectivity index (χ3v) is 6.24. The van der Waals surface area contributed by atoms with E-state index in [1.807, 2.05) is 54.7 Å². The molecular formula is C25H27ClN4O2. The standard InChI is InChI=1S/C25H27ClN4O2/c26-21-9-7-19(8-10-21)24(22-5-1-3-13-27-22)28-25(32)20-11-15-29(16-12-20)17-18-30-14-4-2-6-23(30)31/h1-10,13-14,20,24H,11-12,15-18H2,(H,28,32)/t24-/m1/s1. The normalized spacial score (nSPS) is 15.9. The maximum Gasteiger partial charge on any atom is 0.250 e. The second kappa shape index (κ2) is 10.6. The van der Waals surface area contributed by atoms with Crippen molar-refractivity contribution in [1.29, 1.82) is 0 Å². The first kappa shape index (κ1) is 22.2. The summed E-state index contributed by atoms with van der Waals surface area (Å²) in [4.78, 5) is 31.8. The molecule has 1 aliphatic rings. The van der Waals surface area contributed by atoms with Crippen LogP contribution in [-0.2, 0) is 11.3 Å². The molecule has 6 nitrogen and oxygen atoms in total. The third-order valence-electron chi connectivity index (χ3n) is 5.99. The molecule has 0 unspecified atom stereocenters. The van der Waals surface area contributed by atoms with Gasteiger partial charge in [-0.25, -0.2) is 0 Å².